The first-order valence-electron chi connectivity index (χ1n) is 7.15. The summed E-state index contributed by atoms with van der Waals surface area (Å²) in [4.78, 5) is 2.26. The van der Waals surface area contributed by atoms with E-state index in [0.717, 1.165) is 54.0 Å². The first-order chi connectivity index (χ1) is 9.56. The van der Waals surface area contributed by atoms with E-state index in [0.29, 0.717) is 5.92 Å². The Bertz CT molecular complexity index is 469. The fourth-order valence-corrected chi connectivity index (χ4v) is 3.56. The molecule has 1 aromatic carbocycles. The molecule has 0 bridgehead atoms. The van der Waals surface area contributed by atoms with Crippen molar-refractivity contribution >= 4 is 28.1 Å². The Hall–Kier alpha value is -0.580. The topological polar surface area (TPSA) is 32.3 Å². The average molecular weight is 315 g/mol. The predicted octanol–water partition coefficient (Wildman–Crippen LogP) is 2.65. The van der Waals surface area contributed by atoms with Gasteiger partial charge in [-0.3, -0.25) is 4.21 Å². The standard InChI is InChI=1S/C15H23ClN2OS/c1-12(2)10-17-11-13-3-4-14(9-15(13)16)18-5-7-20(19)8-6-18/h3-4,9,12,17H,5-8,10-11H2,1-2H3. The summed E-state index contributed by atoms with van der Waals surface area (Å²) in [5, 5.41) is 4.22. The van der Waals surface area contributed by atoms with Gasteiger partial charge in [-0.15, -0.1) is 0 Å². The van der Waals surface area contributed by atoms with E-state index >= 15 is 0 Å². The molecular weight excluding hydrogens is 292 g/mol. The van der Waals surface area contributed by atoms with Crippen molar-refractivity contribution in [2.45, 2.75) is 20.4 Å². The minimum Gasteiger partial charge on any atom is -0.370 e. The summed E-state index contributed by atoms with van der Waals surface area (Å²) in [5.74, 6) is 2.16. The molecule has 0 atom stereocenters. The SMILES string of the molecule is CC(C)CNCc1ccc(N2CCS(=O)CC2)cc1Cl. The number of hydrogen-bond donors (Lipinski definition) is 1. The third kappa shape index (κ3) is 4.47. The van der Waals surface area contributed by atoms with Gasteiger partial charge in [-0.2, -0.15) is 0 Å². The van der Waals surface area contributed by atoms with Gasteiger partial charge in [-0.1, -0.05) is 31.5 Å². The monoisotopic (exact) mass is 314 g/mol. The van der Waals surface area contributed by atoms with Crippen LogP contribution < -0.4 is 10.2 Å². The van der Waals surface area contributed by atoms with E-state index < -0.39 is 10.8 Å². The summed E-state index contributed by atoms with van der Waals surface area (Å²) >= 11 is 6.37. The zero-order valence-corrected chi connectivity index (χ0v) is 13.8. The lowest BCUT2D eigenvalue weighted by atomic mass is 10.1. The molecule has 0 aliphatic carbocycles. The van der Waals surface area contributed by atoms with E-state index in [-0.39, 0.29) is 0 Å². The second-order valence-corrected chi connectivity index (χ2v) is 7.74. The van der Waals surface area contributed by atoms with Gasteiger partial charge in [0.25, 0.3) is 0 Å². The van der Waals surface area contributed by atoms with Crippen LogP contribution in [0.15, 0.2) is 18.2 Å². The Morgan fingerprint density at radius 2 is 2.05 bits per heavy atom. The number of benzene rings is 1. The molecule has 112 valence electrons. The van der Waals surface area contributed by atoms with Crippen molar-refractivity contribution in [3.8, 4) is 0 Å². The van der Waals surface area contributed by atoms with Crippen molar-refractivity contribution < 1.29 is 4.21 Å². The van der Waals surface area contributed by atoms with Crippen LogP contribution in [0.2, 0.25) is 5.02 Å². The summed E-state index contributed by atoms with van der Waals surface area (Å²) in [6, 6.07) is 6.24. The molecule has 0 aromatic heterocycles. The minimum absolute atomic E-state index is 0.638. The van der Waals surface area contributed by atoms with Crippen LogP contribution in [-0.4, -0.2) is 35.3 Å². The number of hydrogen-bond acceptors (Lipinski definition) is 3. The lowest BCUT2D eigenvalue weighted by Gasteiger charge is -2.28. The molecule has 3 nitrogen and oxygen atoms in total. The van der Waals surface area contributed by atoms with E-state index in [1.54, 1.807) is 0 Å². The van der Waals surface area contributed by atoms with E-state index in [1.165, 1.54) is 0 Å². The molecule has 0 unspecified atom stereocenters. The van der Waals surface area contributed by atoms with Crippen molar-refractivity contribution in [3.05, 3.63) is 28.8 Å². The van der Waals surface area contributed by atoms with E-state index in [9.17, 15) is 4.21 Å². The van der Waals surface area contributed by atoms with Crippen LogP contribution in [0.25, 0.3) is 0 Å². The van der Waals surface area contributed by atoms with Gasteiger partial charge in [0.15, 0.2) is 0 Å². The molecule has 0 spiro atoms. The Morgan fingerprint density at radius 1 is 1.35 bits per heavy atom. The van der Waals surface area contributed by atoms with Crippen molar-refractivity contribution in [1.82, 2.24) is 5.32 Å². The summed E-state index contributed by atoms with van der Waals surface area (Å²) in [7, 11) is -0.638. The second-order valence-electron chi connectivity index (χ2n) is 5.64. The maximum Gasteiger partial charge on any atom is 0.0471 e. The van der Waals surface area contributed by atoms with Gasteiger partial charge in [0.1, 0.15) is 0 Å². The molecule has 1 saturated heterocycles. The fraction of sp³-hybridized carbons (Fsp3) is 0.600. The lowest BCUT2D eigenvalue weighted by molar-refractivity contribution is 0.552. The molecule has 1 fully saturated rings. The minimum atomic E-state index is -0.638. The highest BCUT2D eigenvalue weighted by molar-refractivity contribution is 7.85. The van der Waals surface area contributed by atoms with Crippen molar-refractivity contribution in [2.75, 3.05) is 36.0 Å². The zero-order chi connectivity index (χ0) is 14.5. The summed E-state index contributed by atoms with van der Waals surface area (Å²) in [6.07, 6.45) is 0. The van der Waals surface area contributed by atoms with E-state index in [2.05, 4.69) is 36.2 Å². The van der Waals surface area contributed by atoms with Crippen LogP contribution in [0.4, 0.5) is 5.69 Å². The molecule has 1 aliphatic heterocycles. The number of rotatable bonds is 5. The molecule has 5 heteroatoms. The normalized spacial score (nSPS) is 16.9. The van der Waals surface area contributed by atoms with Gasteiger partial charge in [0, 0.05) is 52.6 Å². The number of anilines is 1. The molecule has 1 aromatic rings. The summed E-state index contributed by atoms with van der Waals surface area (Å²) < 4.78 is 11.4. The molecular formula is C15H23ClN2OS. The Balaban J connectivity index is 1.96. The third-order valence-corrected chi connectivity index (χ3v) is 5.08. The number of nitrogens with zero attached hydrogens (tertiary/aromatic N) is 1. The second kappa shape index (κ2) is 7.43. The third-order valence-electron chi connectivity index (χ3n) is 3.45. The molecule has 0 amide bonds. The van der Waals surface area contributed by atoms with Gasteiger partial charge in [-0.25, -0.2) is 0 Å². The molecule has 1 aliphatic rings. The lowest BCUT2D eigenvalue weighted by Crippen LogP contribution is -2.37. The van der Waals surface area contributed by atoms with Crippen molar-refractivity contribution in [1.29, 1.82) is 0 Å². The summed E-state index contributed by atoms with van der Waals surface area (Å²) in [5.41, 5.74) is 2.27. The molecule has 1 heterocycles. The molecule has 0 saturated carbocycles. The van der Waals surface area contributed by atoms with Gasteiger partial charge in [0.05, 0.1) is 0 Å². The van der Waals surface area contributed by atoms with Crippen LogP contribution in [-0.2, 0) is 17.3 Å². The number of halogens is 1. The Labute approximate surface area is 129 Å². The molecule has 20 heavy (non-hydrogen) atoms. The highest BCUT2D eigenvalue weighted by Gasteiger charge is 2.16. The Kier molecular flexibility index (Phi) is 5.87. The quantitative estimate of drug-likeness (QED) is 0.907. The van der Waals surface area contributed by atoms with Gasteiger partial charge in [-0.05, 0) is 30.2 Å². The zero-order valence-electron chi connectivity index (χ0n) is 12.2. The van der Waals surface area contributed by atoms with Gasteiger partial charge < -0.3 is 10.2 Å². The molecule has 2 rings (SSSR count). The Morgan fingerprint density at radius 3 is 2.65 bits per heavy atom. The predicted molar refractivity (Wildman–Crippen MR) is 88.1 cm³/mol. The van der Waals surface area contributed by atoms with E-state index in [1.807, 2.05) is 6.07 Å². The largest absolute Gasteiger partial charge is 0.370 e. The van der Waals surface area contributed by atoms with Crippen molar-refractivity contribution in [2.24, 2.45) is 5.92 Å². The van der Waals surface area contributed by atoms with Crippen molar-refractivity contribution in [3.63, 3.8) is 0 Å². The maximum absolute atomic E-state index is 11.4. The van der Waals surface area contributed by atoms with Gasteiger partial charge in [0.2, 0.25) is 0 Å². The maximum atomic E-state index is 11.4. The van der Waals surface area contributed by atoms with E-state index in [4.69, 9.17) is 11.6 Å². The average Bonchev–Trinajstić information content (AvgIpc) is 2.41. The van der Waals surface area contributed by atoms with Crippen LogP contribution in [0.5, 0.6) is 0 Å². The first kappa shape index (κ1) is 15.8. The molecule has 1 N–H and O–H groups in total. The number of nitrogens with one attached hydrogen (secondary N) is 1. The first-order valence-corrected chi connectivity index (χ1v) is 9.02. The van der Waals surface area contributed by atoms with Crippen LogP contribution in [0.1, 0.15) is 19.4 Å². The summed E-state index contributed by atoms with van der Waals surface area (Å²) in [6.45, 7) is 7.90. The van der Waals surface area contributed by atoms with Gasteiger partial charge >= 0.3 is 0 Å². The smallest absolute Gasteiger partial charge is 0.0471 e. The van der Waals surface area contributed by atoms with Crippen LogP contribution in [0, 0.1) is 5.92 Å². The van der Waals surface area contributed by atoms with Crippen LogP contribution >= 0.6 is 11.6 Å². The highest BCUT2D eigenvalue weighted by Crippen LogP contribution is 2.24. The fourth-order valence-electron chi connectivity index (χ4n) is 2.27. The highest BCUT2D eigenvalue weighted by atomic mass is 35.5. The molecule has 0 radical (unpaired) electrons. The van der Waals surface area contributed by atoms with Crippen LogP contribution in [0.3, 0.4) is 0 Å².